The molecule has 4 atom stereocenters. The van der Waals surface area contributed by atoms with Crippen molar-refractivity contribution in [1.82, 2.24) is 15.3 Å². The second kappa shape index (κ2) is 6.58. The van der Waals surface area contributed by atoms with E-state index in [0.29, 0.717) is 11.9 Å². The summed E-state index contributed by atoms with van der Waals surface area (Å²) in [6.45, 7) is 0. The van der Waals surface area contributed by atoms with Crippen LogP contribution in [0.2, 0.25) is 0 Å². The molecule has 2 aliphatic carbocycles. The quantitative estimate of drug-likeness (QED) is 0.782. The highest BCUT2D eigenvalue weighted by molar-refractivity contribution is 6.20. The first-order chi connectivity index (χ1) is 12.5. The van der Waals surface area contributed by atoms with Gasteiger partial charge in [0.1, 0.15) is 11.6 Å². The molecule has 0 spiro atoms. The van der Waals surface area contributed by atoms with Crippen molar-refractivity contribution >= 4 is 23.5 Å². The van der Waals surface area contributed by atoms with E-state index in [4.69, 9.17) is 21.6 Å². The number of anilines is 1. The van der Waals surface area contributed by atoms with E-state index in [-0.39, 0.29) is 40.2 Å². The third-order valence-electron chi connectivity index (χ3n) is 5.99. The van der Waals surface area contributed by atoms with Crippen molar-refractivity contribution in [3.05, 3.63) is 11.8 Å². The lowest BCUT2D eigenvalue weighted by molar-refractivity contribution is -0.130. The average molecular weight is 376 g/mol. The Morgan fingerprint density at radius 1 is 1.42 bits per heavy atom. The number of piperidine rings is 1. The van der Waals surface area contributed by atoms with Gasteiger partial charge in [-0.3, -0.25) is 4.79 Å². The monoisotopic (exact) mass is 375 g/mol. The van der Waals surface area contributed by atoms with Crippen LogP contribution in [0.5, 0.6) is 5.88 Å². The van der Waals surface area contributed by atoms with E-state index in [1.165, 1.54) is 13.3 Å². The molecule has 1 aromatic heterocycles. The molecule has 26 heavy (non-hydrogen) atoms. The van der Waals surface area contributed by atoms with Crippen LogP contribution in [-0.2, 0) is 4.79 Å². The van der Waals surface area contributed by atoms with E-state index in [0.717, 1.165) is 38.5 Å². The number of carbonyl (C=O) groups excluding carboxylic acids is 1. The predicted octanol–water partition coefficient (Wildman–Crippen LogP) is 2.21. The fourth-order valence-electron chi connectivity index (χ4n) is 4.40. The Labute approximate surface area is 157 Å². The summed E-state index contributed by atoms with van der Waals surface area (Å²) in [7, 11) is 1.47. The summed E-state index contributed by atoms with van der Waals surface area (Å²) < 4.78 is 5.15. The lowest BCUT2D eigenvalue weighted by Gasteiger charge is -2.43. The zero-order valence-corrected chi connectivity index (χ0v) is 15.4. The SMILES string of the molecule is COc1nc(NC2(C3CC4CC(Cl)CCC4NC3=O)CC2)ncc1C#N. The topological polar surface area (TPSA) is 99.9 Å². The number of alkyl halides is 1. The number of nitrogens with one attached hydrogen (secondary N) is 2. The Morgan fingerprint density at radius 2 is 2.23 bits per heavy atom. The number of ether oxygens (including phenoxy) is 1. The smallest absolute Gasteiger partial charge is 0.236 e. The molecule has 2 N–H and O–H groups in total. The van der Waals surface area contributed by atoms with E-state index in [2.05, 4.69) is 20.6 Å². The molecule has 2 saturated carbocycles. The number of nitriles is 1. The van der Waals surface area contributed by atoms with Gasteiger partial charge in [0, 0.05) is 11.4 Å². The van der Waals surface area contributed by atoms with Crippen molar-refractivity contribution in [2.24, 2.45) is 11.8 Å². The van der Waals surface area contributed by atoms with Crippen molar-refractivity contribution < 1.29 is 9.53 Å². The van der Waals surface area contributed by atoms with Gasteiger partial charge >= 0.3 is 0 Å². The zero-order chi connectivity index (χ0) is 18.3. The van der Waals surface area contributed by atoms with E-state index >= 15 is 0 Å². The summed E-state index contributed by atoms with van der Waals surface area (Å²) in [6, 6.07) is 2.26. The number of nitrogens with zero attached hydrogens (tertiary/aromatic N) is 3. The molecule has 4 rings (SSSR count). The van der Waals surface area contributed by atoms with Gasteiger partial charge in [-0.25, -0.2) is 4.98 Å². The average Bonchev–Trinajstić information content (AvgIpc) is 3.41. The first kappa shape index (κ1) is 17.3. The van der Waals surface area contributed by atoms with Gasteiger partial charge in [0.15, 0.2) is 0 Å². The Balaban J connectivity index is 1.52. The van der Waals surface area contributed by atoms with Crippen LogP contribution in [0.3, 0.4) is 0 Å². The molecule has 1 saturated heterocycles. The summed E-state index contributed by atoms with van der Waals surface area (Å²) in [4.78, 5) is 21.2. The first-order valence-corrected chi connectivity index (χ1v) is 9.52. The van der Waals surface area contributed by atoms with Gasteiger partial charge in [-0.2, -0.15) is 10.2 Å². The lowest BCUT2D eigenvalue weighted by Crippen LogP contribution is -2.56. The second-order valence-corrected chi connectivity index (χ2v) is 8.20. The molecule has 1 amide bonds. The summed E-state index contributed by atoms with van der Waals surface area (Å²) in [5, 5.41) is 15.8. The first-order valence-electron chi connectivity index (χ1n) is 9.08. The molecule has 0 radical (unpaired) electrons. The number of hydrogen-bond acceptors (Lipinski definition) is 6. The third kappa shape index (κ3) is 3.07. The maximum atomic E-state index is 12.7. The van der Waals surface area contributed by atoms with Gasteiger partial charge in [0.05, 0.1) is 24.8 Å². The lowest BCUT2D eigenvalue weighted by atomic mass is 9.73. The van der Waals surface area contributed by atoms with Crippen molar-refractivity contribution in [3.63, 3.8) is 0 Å². The van der Waals surface area contributed by atoms with E-state index in [1.807, 2.05) is 6.07 Å². The molecule has 8 heteroatoms. The van der Waals surface area contributed by atoms with Crippen LogP contribution < -0.4 is 15.4 Å². The van der Waals surface area contributed by atoms with Gasteiger partial charge in [0.25, 0.3) is 0 Å². The number of halogens is 1. The highest BCUT2D eigenvalue weighted by Crippen LogP contribution is 2.50. The number of aromatic nitrogens is 2. The van der Waals surface area contributed by atoms with E-state index in [9.17, 15) is 4.79 Å². The van der Waals surface area contributed by atoms with Crippen LogP contribution in [0, 0.1) is 23.2 Å². The summed E-state index contributed by atoms with van der Waals surface area (Å²) in [5.41, 5.74) is -0.0236. The standard InChI is InChI=1S/C18H22ClN5O2/c1-26-16-11(8-20)9-21-17(23-16)24-18(4-5-18)13-7-10-6-12(19)2-3-14(10)22-15(13)25/h9-10,12-14H,2-7H2,1H3,(H,22,25)(H,21,23,24). The molecule has 1 aliphatic heterocycles. The van der Waals surface area contributed by atoms with Gasteiger partial charge < -0.3 is 15.4 Å². The minimum absolute atomic E-state index is 0.115. The van der Waals surface area contributed by atoms with Crippen molar-refractivity contribution in [1.29, 1.82) is 5.26 Å². The van der Waals surface area contributed by atoms with Crippen molar-refractivity contribution in [2.75, 3.05) is 12.4 Å². The number of rotatable bonds is 4. The summed E-state index contributed by atoms with van der Waals surface area (Å²) in [5.74, 6) is 1.07. The van der Waals surface area contributed by atoms with Gasteiger partial charge in [0.2, 0.25) is 17.7 Å². The maximum Gasteiger partial charge on any atom is 0.236 e. The molecule has 1 aromatic rings. The van der Waals surface area contributed by atoms with E-state index < -0.39 is 0 Å². The Hall–Kier alpha value is -2.07. The number of fused-ring (bicyclic) bond motifs is 1. The maximum absolute atomic E-state index is 12.7. The molecule has 4 unspecified atom stereocenters. The largest absolute Gasteiger partial charge is 0.480 e. The summed E-state index contributed by atoms with van der Waals surface area (Å²) >= 11 is 6.35. The highest BCUT2D eigenvalue weighted by atomic mass is 35.5. The summed E-state index contributed by atoms with van der Waals surface area (Å²) in [6.07, 6.45) is 6.99. The van der Waals surface area contributed by atoms with Gasteiger partial charge in [-0.1, -0.05) is 0 Å². The number of methoxy groups -OCH3 is 1. The van der Waals surface area contributed by atoms with Crippen molar-refractivity contribution in [3.8, 4) is 11.9 Å². The molecule has 7 nitrogen and oxygen atoms in total. The van der Waals surface area contributed by atoms with Gasteiger partial charge in [-0.05, 0) is 44.4 Å². The third-order valence-corrected chi connectivity index (χ3v) is 6.38. The molecule has 0 bridgehead atoms. The number of carbonyl (C=O) groups is 1. The minimum atomic E-state index is -0.312. The van der Waals surface area contributed by atoms with Gasteiger partial charge in [-0.15, -0.1) is 11.6 Å². The van der Waals surface area contributed by atoms with Crippen LogP contribution in [-0.4, -0.2) is 39.9 Å². The minimum Gasteiger partial charge on any atom is -0.480 e. The van der Waals surface area contributed by atoms with Crippen LogP contribution >= 0.6 is 11.6 Å². The molecular formula is C18H22ClN5O2. The zero-order valence-electron chi connectivity index (χ0n) is 14.7. The fourth-order valence-corrected chi connectivity index (χ4v) is 4.76. The molecule has 138 valence electrons. The van der Waals surface area contributed by atoms with Crippen LogP contribution in [0.25, 0.3) is 0 Å². The Morgan fingerprint density at radius 3 is 2.92 bits per heavy atom. The van der Waals surface area contributed by atoms with Crippen LogP contribution in [0.15, 0.2) is 6.20 Å². The second-order valence-electron chi connectivity index (χ2n) is 7.58. The predicted molar refractivity (Wildman–Crippen MR) is 95.9 cm³/mol. The van der Waals surface area contributed by atoms with E-state index in [1.54, 1.807) is 0 Å². The molecule has 2 heterocycles. The number of hydrogen-bond donors (Lipinski definition) is 2. The molecule has 0 aromatic carbocycles. The number of amides is 1. The molecule has 3 aliphatic rings. The molecule has 3 fully saturated rings. The Bertz CT molecular complexity index is 760. The normalized spacial score (nSPS) is 32.0. The molecular weight excluding hydrogens is 354 g/mol. The highest BCUT2D eigenvalue weighted by Gasteiger charge is 2.56. The fraction of sp³-hybridized carbons (Fsp3) is 0.667. The van der Waals surface area contributed by atoms with Crippen molar-refractivity contribution in [2.45, 2.75) is 55.5 Å². The Kier molecular flexibility index (Phi) is 4.39. The van der Waals surface area contributed by atoms with Crippen LogP contribution in [0.1, 0.15) is 44.1 Å². The van der Waals surface area contributed by atoms with Crippen LogP contribution in [0.4, 0.5) is 5.95 Å².